The first-order chi connectivity index (χ1) is 13.5. The minimum absolute atomic E-state index is 0.0939. The summed E-state index contributed by atoms with van der Waals surface area (Å²) in [5.74, 6) is -0.492. The average molecular weight is 419 g/mol. The normalized spacial score (nSPS) is 11.1. The molecule has 0 aliphatic heterocycles. The molecule has 4 aromatic rings. The summed E-state index contributed by atoms with van der Waals surface area (Å²) in [6, 6.07) is 4.83. The van der Waals surface area contributed by atoms with Gasteiger partial charge in [-0.1, -0.05) is 23.2 Å². The van der Waals surface area contributed by atoms with Gasteiger partial charge in [-0.15, -0.1) is 0 Å². The molecule has 142 valence electrons. The molecule has 0 bridgehead atoms. The van der Waals surface area contributed by atoms with Crippen LogP contribution in [0.2, 0.25) is 10.0 Å². The van der Waals surface area contributed by atoms with Crippen molar-refractivity contribution >= 4 is 51.7 Å². The molecule has 1 amide bonds. The van der Waals surface area contributed by atoms with Crippen molar-refractivity contribution in [2.24, 2.45) is 0 Å². The molecule has 0 radical (unpaired) electrons. The van der Waals surface area contributed by atoms with E-state index in [9.17, 15) is 9.59 Å². The third kappa shape index (κ3) is 3.28. The third-order valence-corrected chi connectivity index (χ3v) is 4.44. The zero-order chi connectivity index (χ0) is 19.8. The molecule has 28 heavy (non-hydrogen) atoms. The van der Waals surface area contributed by atoms with E-state index in [1.165, 1.54) is 30.1 Å². The van der Waals surface area contributed by atoms with Gasteiger partial charge < -0.3 is 14.5 Å². The van der Waals surface area contributed by atoms with Crippen molar-refractivity contribution in [2.75, 3.05) is 7.11 Å². The number of benzene rings is 1. The Bertz CT molecular complexity index is 1230. The molecule has 8 nitrogen and oxygen atoms in total. The number of hydrogen-bond acceptors (Lipinski definition) is 6. The SMILES string of the molecule is COC(=O)c1cc(Cl)cc2cc(CNC(=O)c3cnn4cc(Cl)cnc34)oc12. The summed E-state index contributed by atoms with van der Waals surface area (Å²) < 4.78 is 11.9. The second kappa shape index (κ2) is 7.14. The van der Waals surface area contributed by atoms with Crippen molar-refractivity contribution in [3.63, 3.8) is 0 Å². The second-order valence-electron chi connectivity index (χ2n) is 5.86. The number of esters is 1. The van der Waals surface area contributed by atoms with Crippen LogP contribution in [0, 0.1) is 0 Å². The van der Waals surface area contributed by atoms with E-state index in [1.54, 1.807) is 18.3 Å². The van der Waals surface area contributed by atoms with E-state index in [0.29, 0.717) is 38.0 Å². The number of carbonyl (C=O) groups is 2. The van der Waals surface area contributed by atoms with Crippen LogP contribution >= 0.6 is 23.2 Å². The molecule has 0 fully saturated rings. The number of rotatable bonds is 4. The molecule has 0 saturated carbocycles. The fraction of sp³-hybridized carbons (Fsp3) is 0.111. The van der Waals surface area contributed by atoms with Gasteiger partial charge in [0.1, 0.15) is 22.5 Å². The number of carbonyl (C=O) groups excluding carboxylic acids is 2. The smallest absolute Gasteiger partial charge is 0.341 e. The Balaban J connectivity index is 1.58. The van der Waals surface area contributed by atoms with E-state index >= 15 is 0 Å². The summed E-state index contributed by atoms with van der Waals surface area (Å²) >= 11 is 11.9. The Kier molecular flexibility index (Phi) is 4.66. The van der Waals surface area contributed by atoms with E-state index in [0.717, 1.165) is 0 Å². The summed E-state index contributed by atoms with van der Waals surface area (Å²) in [6.07, 6.45) is 4.40. The predicted octanol–water partition coefficient (Wildman–Crippen LogP) is 3.50. The molecule has 1 aromatic carbocycles. The first kappa shape index (κ1) is 18.3. The second-order valence-corrected chi connectivity index (χ2v) is 6.73. The zero-order valence-electron chi connectivity index (χ0n) is 14.4. The lowest BCUT2D eigenvalue weighted by molar-refractivity contribution is 0.0601. The summed E-state index contributed by atoms with van der Waals surface area (Å²) in [5, 5.41) is 8.21. The highest BCUT2D eigenvalue weighted by Gasteiger charge is 2.18. The summed E-state index contributed by atoms with van der Waals surface area (Å²) in [7, 11) is 1.27. The minimum Gasteiger partial charge on any atom is -0.465 e. The number of aromatic nitrogens is 3. The largest absolute Gasteiger partial charge is 0.465 e. The lowest BCUT2D eigenvalue weighted by atomic mass is 10.1. The number of ether oxygens (including phenoxy) is 1. The third-order valence-electron chi connectivity index (χ3n) is 4.03. The summed E-state index contributed by atoms with van der Waals surface area (Å²) in [5.41, 5.74) is 1.23. The molecule has 1 N–H and O–H groups in total. The standard InChI is InChI=1S/C18H12Cl2N4O4/c1-27-18(26)13-4-10(19)2-9-3-12(28-15(9)13)6-22-17(25)14-7-23-24-8-11(20)5-21-16(14)24/h2-5,7-8H,6H2,1H3,(H,22,25). The van der Waals surface area contributed by atoms with Crippen molar-refractivity contribution in [1.82, 2.24) is 19.9 Å². The van der Waals surface area contributed by atoms with Crippen LogP contribution in [-0.2, 0) is 11.3 Å². The first-order valence-corrected chi connectivity index (χ1v) is 8.79. The maximum atomic E-state index is 12.5. The van der Waals surface area contributed by atoms with Crippen LogP contribution < -0.4 is 5.32 Å². The Labute approximate surface area is 168 Å². The van der Waals surface area contributed by atoms with Crippen LogP contribution in [0.25, 0.3) is 16.6 Å². The molecular weight excluding hydrogens is 407 g/mol. The molecular formula is C18H12Cl2N4O4. The Morgan fingerprint density at radius 1 is 1.18 bits per heavy atom. The zero-order valence-corrected chi connectivity index (χ0v) is 15.9. The molecule has 0 saturated heterocycles. The van der Waals surface area contributed by atoms with Crippen LogP contribution in [0.1, 0.15) is 26.5 Å². The Hall–Kier alpha value is -3.10. The maximum absolute atomic E-state index is 12.5. The molecule has 3 aromatic heterocycles. The van der Waals surface area contributed by atoms with E-state index in [4.69, 9.17) is 32.4 Å². The summed E-state index contributed by atoms with van der Waals surface area (Å²) in [4.78, 5) is 28.5. The van der Waals surface area contributed by atoms with Gasteiger partial charge in [-0.05, 0) is 18.2 Å². The van der Waals surface area contributed by atoms with Crippen molar-refractivity contribution in [2.45, 2.75) is 6.54 Å². The van der Waals surface area contributed by atoms with Gasteiger partial charge in [-0.3, -0.25) is 4.79 Å². The van der Waals surface area contributed by atoms with Gasteiger partial charge in [-0.2, -0.15) is 5.10 Å². The van der Waals surface area contributed by atoms with Crippen molar-refractivity contribution in [3.8, 4) is 0 Å². The highest BCUT2D eigenvalue weighted by Crippen LogP contribution is 2.28. The molecule has 0 aliphatic carbocycles. The molecule has 0 atom stereocenters. The van der Waals surface area contributed by atoms with Gasteiger partial charge in [0.25, 0.3) is 5.91 Å². The van der Waals surface area contributed by atoms with E-state index < -0.39 is 5.97 Å². The van der Waals surface area contributed by atoms with Crippen LogP contribution in [0.5, 0.6) is 0 Å². The number of nitrogens with one attached hydrogen (secondary N) is 1. The number of amides is 1. The first-order valence-electron chi connectivity index (χ1n) is 8.03. The van der Waals surface area contributed by atoms with Gasteiger partial charge in [-0.25, -0.2) is 14.3 Å². The Morgan fingerprint density at radius 2 is 2.00 bits per heavy atom. The fourth-order valence-electron chi connectivity index (χ4n) is 2.79. The Morgan fingerprint density at radius 3 is 2.79 bits per heavy atom. The van der Waals surface area contributed by atoms with E-state index in [2.05, 4.69) is 15.4 Å². The van der Waals surface area contributed by atoms with Gasteiger partial charge in [0.05, 0.1) is 31.1 Å². The lowest BCUT2D eigenvalue weighted by Gasteiger charge is -2.02. The minimum atomic E-state index is -0.562. The molecule has 10 heteroatoms. The average Bonchev–Trinajstić information content (AvgIpc) is 3.28. The highest BCUT2D eigenvalue weighted by atomic mass is 35.5. The number of methoxy groups -OCH3 is 1. The van der Waals surface area contributed by atoms with Gasteiger partial charge in [0, 0.05) is 16.6 Å². The van der Waals surface area contributed by atoms with E-state index in [1.807, 2.05) is 0 Å². The van der Waals surface area contributed by atoms with Crippen LogP contribution in [0.4, 0.5) is 0 Å². The monoisotopic (exact) mass is 418 g/mol. The topological polar surface area (TPSA) is 98.7 Å². The number of nitrogens with zero attached hydrogens (tertiary/aromatic N) is 3. The van der Waals surface area contributed by atoms with Gasteiger partial charge in [0.15, 0.2) is 5.65 Å². The van der Waals surface area contributed by atoms with Crippen molar-refractivity contribution < 1.29 is 18.7 Å². The predicted molar refractivity (Wildman–Crippen MR) is 102 cm³/mol. The molecule has 0 unspecified atom stereocenters. The molecule has 0 aliphatic rings. The number of fused-ring (bicyclic) bond motifs is 2. The quantitative estimate of drug-likeness (QED) is 0.509. The van der Waals surface area contributed by atoms with Crippen molar-refractivity contribution in [3.05, 3.63) is 63.7 Å². The van der Waals surface area contributed by atoms with Crippen LogP contribution in [-0.4, -0.2) is 33.6 Å². The van der Waals surface area contributed by atoms with Crippen LogP contribution in [0.15, 0.2) is 41.2 Å². The molecule has 4 rings (SSSR count). The lowest BCUT2D eigenvalue weighted by Crippen LogP contribution is -2.22. The maximum Gasteiger partial charge on any atom is 0.341 e. The molecule has 0 spiro atoms. The molecule has 3 heterocycles. The summed E-state index contributed by atoms with van der Waals surface area (Å²) in [6.45, 7) is 0.0939. The number of hydrogen-bond donors (Lipinski definition) is 1. The van der Waals surface area contributed by atoms with Crippen molar-refractivity contribution in [1.29, 1.82) is 0 Å². The van der Waals surface area contributed by atoms with Gasteiger partial charge >= 0.3 is 5.97 Å². The van der Waals surface area contributed by atoms with E-state index in [-0.39, 0.29) is 18.0 Å². The van der Waals surface area contributed by atoms with Gasteiger partial charge in [0.2, 0.25) is 0 Å². The fourth-order valence-corrected chi connectivity index (χ4v) is 3.16. The number of halogens is 2. The highest BCUT2D eigenvalue weighted by molar-refractivity contribution is 6.32. The van der Waals surface area contributed by atoms with Crippen LogP contribution in [0.3, 0.4) is 0 Å². The number of furan rings is 1.